The summed E-state index contributed by atoms with van der Waals surface area (Å²) in [6.45, 7) is 5.89. The maximum atomic E-state index is 13.4. The molecular weight excluding hydrogens is 421 g/mol. The molecule has 31 heavy (non-hydrogen) atoms. The molecular formula is C21H24FN5O3S. The van der Waals surface area contributed by atoms with Gasteiger partial charge in [0.2, 0.25) is 10.0 Å². The van der Waals surface area contributed by atoms with Gasteiger partial charge in [0.15, 0.2) is 5.82 Å². The van der Waals surface area contributed by atoms with Crippen LogP contribution in [0.3, 0.4) is 0 Å². The van der Waals surface area contributed by atoms with E-state index in [4.69, 9.17) is 0 Å². The first-order valence-corrected chi connectivity index (χ1v) is 11.5. The van der Waals surface area contributed by atoms with Crippen LogP contribution in [-0.4, -0.2) is 45.4 Å². The molecule has 1 aliphatic rings. The standard InChI is InChI=1S/C21H24FN5O3S/c1-14-12-17(22)4-5-19(14)31(29,30)25-10-8-18(9-11-25)27-21(28)7-6-20(24-27)26-16(3)13-15(2)23-26/h4-7,12-13,18H,8-11H2,1-3H3. The predicted molar refractivity (Wildman–Crippen MR) is 113 cm³/mol. The molecule has 10 heteroatoms. The van der Waals surface area contributed by atoms with E-state index in [2.05, 4.69) is 10.2 Å². The lowest BCUT2D eigenvalue weighted by Crippen LogP contribution is -2.41. The number of halogens is 1. The number of benzene rings is 1. The van der Waals surface area contributed by atoms with E-state index in [9.17, 15) is 17.6 Å². The minimum Gasteiger partial charge on any atom is -0.268 e. The minimum absolute atomic E-state index is 0.106. The Morgan fingerprint density at radius 1 is 1.00 bits per heavy atom. The first-order valence-electron chi connectivity index (χ1n) is 10.1. The Morgan fingerprint density at radius 2 is 1.71 bits per heavy atom. The molecule has 1 saturated heterocycles. The van der Waals surface area contributed by atoms with Crippen LogP contribution in [0.15, 0.2) is 46.1 Å². The molecule has 0 radical (unpaired) electrons. The van der Waals surface area contributed by atoms with Crippen LogP contribution < -0.4 is 5.56 Å². The Bertz CT molecular complexity index is 1290. The highest BCUT2D eigenvalue weighted by Crippen LogP contribution is 2.27. The van der Waals surface area contributed by atoms with Crippen molar-refractivity contribution in [3.05, 3.63) is 69.5 Å². The van der Waals surface area contributed by atoms with Gasteiger partial charge in [-0.1, -0.05) is 0 Å². The molecule has 1 fully saturated rings. The van der Waals surface area contributed by atoms with Crippen LogP contribution in [0.1, 0.15) is 35.8 Å². The van der Waals surface area contributed by atoms with E-state index in [0.29, 0.717) is 24.2 Å². The summed E-state index contributed by atoms with van der Waals surface area (Å²) in [6, 6.07) is 8.48. The van der Waals surface area contributed by atoms with Crippen molar-refractivity contribution >= 4 is 10.0 Å². The van der Waals surface area contributed by atoms with E-state index in [0.717, 1.165) is 17.5 Å². The number of sulfonamides is 1. The molecule has 8 nitrogen and oxygen atoms in total. The molecule has 0 aliphatic carbocycles. The Morgan fingerprint density at radius 3 is 2.32 bits per heavy atom. The van der Waals surface area contributed by atoms with Crippen LogP contribution >= 0.6 is 0 Å². The van der Waals surface area contributed by atoms with Crippen LogP contribution in [0.25, 0.3) is 5.82 Å². The van der Waals surface area contributed by atoms with Crippen LogP contribution in [-0.2, 0) is 10.0 Å². The van der Waals surface area contributed by atoms with Gasteiger partial charge in [0.1, 0.15) is 5.82 Å². The number of hydrogen-bond donors (Lipinski definition) is 0. The van der Waals surface area contributed by atoms with Gasteiger partial charge >= 0.3 is 0 Å². The van der Waals surface area contributed by atoms with Gasteiger partial charge in [-0.2, -0.15) is 9.40 Å². The normalized spacial score (nSPS) is 16.0. The lowest BCUT2D eigenvalue weighted by molar-refractivity contribution is 0.254. The molecule has 0 spiro atoms. The summed E-state index contributed by atoms with van der Waals surface area (Å²) in [5, 5.41) is 8.92. The SMILES string of the molecule is Cc1cc(C)n(-c2ccc(=O)n(C3CCN(S(=O)(=O)c4ccc(F)cc4C)CC3)n2)n1. The fourth-order valence-electron chi connectivity index (χ4n) is 4.02. The summed E-state index contributed by atoms with van der Waals surface area (Å²) >= 11 is 0. The number of rotatable bonds is 4. The maximum absolute atomic E-state index is 13.4. The van der Waals surface area contributed by atoms with Crippen LogP contribution in [0, 0.1) is 26.6 Å². The molecule has 0 bridgehead atoms. The van der Waals surface area contributed by atoms with Crippen LogP contribution in [0.5, 0.6) is 0 Å². The molecule has 3 aromatic rings. The topological polar surface area (TPSA) is 90.1 Å². The molecule has 3 heterocycles. The van der Waals surface area contributed by atoms with E-state index >= 15 is 0 Å². The summed E-state index contributed by atoms with van der Waals surface area (Å²) in [5.41, 5.74) is 1.90. The third kappa shape index (κ3) is 4.05. The first-order chi connectivity index (χ1) is 14.7. The highest BCUT2D eigenvalue weighted by molar-refractivity contribution is 7.89. The molecule has 0 N–H and O–H groups in total. The number of aromatic nitrogens is 4. The number of piperidine rings is 1. The van der Waals surface area contributed by atoms with Gasteiger partial charge in [-0.15, -0.1) is 5.10 Å². The van der Waals surface area contributed by atoms with Crippen molar-refractivity contribution in [1.82, 2.24) is 23.9 Å². The van der Waals surface area contributed by atoms with Crippen molar-refractivity contribution in [2.24, 2.45) is 0 Å². The third-order valence-electron chi connectivity index (χ3n) is 5.56. The highest BCUT2D eigenvalue weighted by Gasteiger charge is 2.31. The second-order valence-corrected chi connectivity index (χ2v) is 9.76. The Kier molecular flexibility index (Phi) is 5.52. The molecule has 1 aromatic carbocycles. The van der Waals surface area contributed by atoms with Crippen molar-refractivity contribution in [1.29, 1.82) is 0 Å². The fourth-order valence-corrected chi connectivity index (χ4v) is 5.69. The smallest absolute Gasteiger partial charge is 0.267 e. The lowest BCUT2D eigenvalue weighted by Gasteiger charge is -2.31. The molecule has 0 unspecified atom stereocenters. The summed E-state index contributed by atoms with van der Waals surface area (Å²) < 4.78 is 43.9. The van der Waals surface area contributed by atoms with E-state index in [1.54, 1.807) is 17.7 Å². The molecule has 0 saturated carbocycles. The quantitative estimate of drug-likeness (QED) is 0.616. The molecule has 1 aliphatic heterocycles. The van der Waals surface area contributed by atoms with Gasteiger partial charge in [0, 0.05) is 24.8 Å². The second kappa shape index (κ2) is 8.01. The van der Waals surface area contributed by atoms with Gasteiger partial charge < -0.3 is 0 Å². The number of nitrogens with zero attached hydrogens (tertiary/aromatic N) is 5. The zero-order valence-corrected chi connectivity index (χ0v) is 18.4. The summed E-state index contributed by atoms with van der Waals surface area (Å²) in [4.78, 5) is 12.6. The van der Waals surface area contributed by atoms with Crippen molar-refractivity contribution < 1.29 is 12.8 Å². The number of aryl methyl sites for hydroxylation is 3. The van der Waals surface area contributed by atoms with Gasteiger partial charge in [0.25, 0.3) is 5.56 Å². The molecule has 0 atom stereocenters. The maximum Gasteiger partial charge on any atom is 0.267 e. The van der Waals surface area contributed by atoms with Gasteiger partial charge in [-0.25, -0.2) is 22.2 Å². The zero-order valence-electron chi connectivity index (χ0n) is 17.6. The van der Waals surface area contributed by atoms with Gasteiger partial charge in [-0.05, 0) is 69.5 Å². The van der Waals surface area contributed by atoms with Crippen molar-refractivity contribution in [2.45, 2.75) is 44.6 Å². The van der Waals surface area contributed by atoms with Gasteiger partial charge in [0.05, 0.1) is 16.6 Å². The average molecular weight is 446 g/mol. The molecule has 2 aromatic heterocycles. The minimum atomic E-state index is -3.73. The van der Waals surface area contributed by atoms with E-state index in [1.165, 1.54) is 27.2 Å². The third-order valence-corrected chi connectivity index (χ3v) is 7.62. The molecule has 0 amide bonds. The highest BCUT2D eigenvalue weighted by atomic mass is 32.2. The first kappa shape index (κ1) is 21.4. The largest absolute Gasteiger partial charge is 0.268 e. The van der Waals surface area contributed by atoms with Crippen molar-refractivity contribution in [3.8, 4) is 5.82 Å². The monoisotopic (exact) mass is 445 g/mol. The Labute approximate surface area is 180 Å². The van der Waals surface area contributed by atoms with Crippen LogP contribution in [0.4, 0.5) is 4.39 Å². The number of hydrogen-bond acceptors (Lipinski definition) is 5. The summed E-state index contributed by atoms with van der Waals surface area (Å²) in [6.07, 6.45) is 0.903. The molecule has 164 valence electrons. The summed E-state index contributed by atoms with van der Waals surface area (Å²) in [7, 11) is -3.73. The van der Waals surface area contributed by atoms with Crippen molar-refractivity contribution in [3.63, 3.8) is 0 Å². The van der Waals surface area contributed by atoms with Gasteiger partial charge in [-0.3, -0.25) is 4.79 Å². The Hall–Kier alpha value is -2.85. The van der Waals surface area contributed by atoms with E-state index in [-0.39, 0.29) is 29.6 Å². The van der Waals surface area contributed by atoms with Crippen molar-refractivity contribution in [2.75, 3.05) is 13.1 Å². The lowest BCUT2D eigenvalue weighted by atomic mass is 10.1. The van der Waals surface area contributed by atoms with E-state index in [1.807, 2.05) is 19.9 Å². The predicted octanol–water partition coefficient (Wildman–Crippen LogP) is 2.52. The average Bonchev–Trinajstić information content (AvgIpc) is 3.06. The zero-order chi connectivity index (χ0) is 22.3. The van der Waals surface area contributed by atoms with Crippen LogP contribution in [0.2, 0.25) is 0 Å². The molecule has 4 rings (SSSR count). The Balaban J connectivity index is 1.56. The fraction of sp³-hybridized carbons (Fsp3) is 0.381. The second-order valence-electron chi connectivity index (χ2n) is 7.86. The summed E-state index contributed by atoms with van der Waals surface area (Å²) in [5.74, 6) is 0.0743. The van der Waals surface area contributed by atoms with E-state index < -0.39 is 15.8 Å².